The molecule has 2 rings (SSSR count). The van der Waals surface area contributed by atoms with Crippen LogP contribution in [-0.4, -0.2) is 47.7 Å². The molecule has 0 unspecified atom stereocenters. The van der Waals surface area contributed by atoms with Gasteiger partial charge in [-0.1, -0.05) is 5.92 Å². The fourth-order valence-corrected chi connectivity index (χ4v) is 2.34. The molecule has 0 aromatic rings. The highest BCUT2D eigenvalue weighted by Crippen LogP contribution is 2.21. The molecule has 0 saturated carbocycles. The van der Waals surface area contributed by atoms with E-state index in [-0.39, 0.29) is 23.8 Å². The van der Waals surface area contributed by atoms with E-state index in [1.807, 2.05) is 11.0 Å². The summed E-state index contributed by atoms with van der Waals surface area (Å²) < 4.78 is 4.94. The molecule has 1 amide bonds. The molecule has 0 N–H and O–H groups in total. The zero-order valence-electron chi connectivity index (χ0n) is 13.0. The number of carbonyl (C=O) groups is 2. The third-order valence-corrected chi connectivity index (χ3v) is 3.35. The number of rotatable bonds is 3. The van der Waals surface area contributed by atoms with E-state index in [0.29, 0.717) is 0 Å². The van der Waals surface area contributed by atoms with Crippen LogP contribution in [0.25, 0.3) is 0 Å². The van der Waals surface area contributed by atoms with Crippen LogP contribution in [0.3, 0.4) is 0 Å². The number of likely N-dealkylation sites (tertiary alicyclic amines) is 1. The number of ether oxygens (including phenoxy) is 1. The van der Waals surface area contributed by atoms with Crippen molar-refractivity contribution in [3.05, 3.63) is 23.4 Å². The van der Waals surface area contributed by atoms with Crippen LogP contribution in [0.1, 0.15) is 26.7 Å². The van der Waals surface area contributed by atoms with Crippen LogP contribution < -0.4 is 0 Å². The number of nitrogens with zero attached hydrogens (tertiary/aromatic N) is 3. The summed E-state index contributed by atoms with van der Waals surface area (Å²) in [6.45, 7) is 4.62. The lowest BCUT2D eigenvalue weighted by Gasteiger charge is -2.10. The first kappa shape index (κ1) is 15.8. The molecule has 0 aromatic carbocycles. The van der Waals surface area contributed by atoms with E-state index in [1.165, 1.54) is 7.05 Å². The van der Waals surface area contributed by atoms with Crippen molar-refractivity contribution in [1.82, 2.24) is 9.91 Å². The third-order valence-electron chi connectivity index (χ3n) is 3.35. The van der Waals surface area contributed by atoms with Gasteiger partial charge in [0.1, 0.15) is 0 Å². The van der Waals surface area contributed by atoms with Crippen LogP contribution in [0.5, 0.6) is 0 Å². The number of amides is 1. The van der Waals surface area contributed by atoms with Gasteiger partial charge in [0.05, 0.1) is 12.2 Å². The molecular formula is C16H19N3O3. The first-order chi connectivity index (χ1) is 10.6. The van der Waals surface area contributed by atoms with E-state index in [1.54, 1.807) is 19.9 Å². The minimum absolute atomic E-state index is 0.0531. The predicted octanol–water partition coefficient (Wildman–Crippen LogP) is 1.26. The molecule has 2 aliphatic heterocycles. The number of allylic oxidation sites excluding steroid dienone is 3. The molecule has 6 heteroatoms. The van der Waals surface area contributed by atoms with Gasteiger partial charge in [0, 0.05) is 25.3 Å². The second-order valence-electron chi connectivity index (χ2n) is 4.85. The van der Waals surface area contributed by atoms with Crippen molar-refractivity contribution >= 4 is 17.6 Å². The van der Waals surface area contributed by atoms with Gasteiger partial charge in [0.15, 0.2) is 5.71 Å². The van der Waals surface area contributed by atoms with Gasteiger partial charge in [-0.05, 0) is 38.8 Å². The summed E-state index contributed by atoms with van der Waals surface area (Å²) in [5, 5.41) is 5.10. The minimum atomic E-state index is -0.582. The van der Waals surface area contributed by atoms with Gasteiger partial charge in [-0.3, -0.25) is 4.79 Å². The average Bonchev–Trinajstić information content (AvgIpc) is 3.04. The fourth-order valence-electron chi connectivity index (χ4n) is 2.34. The Balaban J connectivity index is 2.28. The van der Waals surface area contributed by atoms with Crippen LogP contribution in [0.2, 0.25) is 0 Å². The van der Waals surface area contributed by atoms with E-state index in [9.17, 15) is 9.59 Å². The first-order valence-corrected chi connectivity index (χ1v) is 7.23. The lowest BCUT2D eigenvalue weighted by atomic mass is 10.1. The molecule has 0 aliphatic carbocycles. The van der Waals surface area contributed by atoms with E-state index < -0.39 is 5.97 Å². The summed E-state index contributed by atoms with van der Waals surface area (Å²) in [5.74, 6) is 1.97. The molecule has 0 aromatic heterocycles. The van der Waals surface area contributed by atoms with Gasteiger partial charge in [0.25, 0.3) is 5.91 Å². The summed E-state index contributed by atoms with van der Waals surface area (Å²) in [5.41, 5.74) is 1.34. The number of hydrazone groups is 1. The van der Waals surface area contributed by atoms with Crippen LogP contribution in [0.15, 0.2) is 28.5 Å². The first-order valence-electron chi connectivity index (χ1n) is 7.23. The Kier molecular flexibility index (Phi) is 4.99. The predicted molar refractivity (Wildman–Crippen MR) is 82.4 cm³/mol. The quantitative estimate of drug-likeness (QED) is 0.447. The zero-order chi connectivity index (χ0) is 16.1. The minimum Gasteiger partial charge on any atom is -0.461 e. The Bertz CT molecular complexity index is 635. The van der Waals surface area contributed by atoms with Crippen molar-refractivity contribution in [1.29, 1.82) is 0 Å². The van der Waals surface area contributed by atoms with Gasteiger partial charge in [-0.25, -0.2) is 9.80 Å². The number of hydrogen-bond acceptors (Lipinski definition) is 5. The van der Waals surface area contributed by atoms with E-state index in [4.69, 9.17) is 4.74 Å². The van der Waals surface area contributed by atoms with Gasteiger partial charge >= 0.3 is 5.97 Å². The number of hydrogen-bond donors (Lipinski definition) is 0. The fraction of sp³-hybridized carbons (Fsp3) is 0.438. The van der Waals surface area contributed by atoms with Crippen LogP contribution in [0, 0.1) is 12.0 Å². The standard InChI is InChI=1S/C16H19N3O3/c1-4-10-19-11-6-7-12(19)8-9-13-14(16(21)22-5-2)17-18(3)15(13)20/h8-9H,5-7,11H2,1-3H3/b12-8-,13-9+. The van der Waals surface area contributed by atoms with Crippen molar-refractivity contribution in [3.63, 3.8) is 0 Å². The number of likely N-dealkylation sites (N-methyl/N-ethyl adjacent to an activating group) is 1. The molecular weight excluding hydrogens is 282 g/mol. The van der Waals surface area contributed by atoms with Gasteiger partial charge in [-0.2, -0.15) is 5.10 Å². The molecule has 22 heavy (non-hydrogen) atoms. The molecule has 0 atom stereocenters. The highest BCUT2D eigenvalue weighted by Gasteiger charge is 2.32. The smallest absolute Gasteiger partial charge is 0.359 e. The van der Waals surface area contributed by atoms with Gasteiger partial charge in [0.2, 0.25) is 0 Å². The summed E-state index contributed by atoms with van der Waals surface area (Å²) in [6, 6.07) is 3.01. The molecule has 0 bridgehead atoms. The molecule has 116 valence electrons. The Morgan fingerprint density at radius 2 is 2.23 bits per heavy atom. The Morgan fingerprint density at radius 3 is 2.91 bits per heavy atom. The molecule has 2 aliphatic rings. The lowest BCUT2D eigenvalue weighted by Crippen LogP contribution is -2.21. The van der Waals surface area contributed by atoms with Crippen LogP contribution >= 0.6 is 0 Å². The largest absolute Gasteiger partial charge is 0.461 e. The monoisotopic (exact) mass is 301 g/mol. The van der Waals surface area contributed by atoms with Crippen LogP contribution in [-0.2, 0) is 14.3 Å². The van der Waals surface area contributed by atoms with Crippen molar-refractivity contribution in [2.24, 2.45) is 5.10 Å². The van der Waals surface area contributed by atoms with Crippen molar-refractivity contribution in [2.45, 2.75) is 26.7 Å². The topological polar surface area (TPSA) is 62.2 Å². The van der Waals surface area contributed by atoms with E-state index in [2.05, 4.69) is 17.1 Å². The Labute approximate surface area is 130 Å². The van der Waals surface area contributed by atoms with Crippen molar-refractivity contribution < 1.29 is 14.3 Å². The Morgan fingerprint density at radius 1 is 1.45 bits per heavy atom. The second-order valence-corrected chi connectivity index (χ2v) is 4.85. The maximum atomic E-state index is 12.1. The van der Waals surface area contributed by atoms with Crippen LogP contribution in [0.4, 0.5) is 0 Å². The second kappa shape index (κ2) is 6.94. The summed E-state index contributed by atoms with van der Waals surface area (Å²) in [4.78, 5) is 25.9. The van der Waals surface area contributed by atoms with Crippen molar-refractivity contribution in [2.75, 3.05) is 20.2 Å². The molecule has 0 radical (unpaired) electrons. The van der Waals surface area contributed by atoms with E-state index in [0.717, 1.165) is 30.1 Å². The Hall–Kier alpha value is -2.55. The van der Waals surface area contributed by atoms with Crippen molar-refractivity contribution in [3.8, 4) is 12.0 Å². The molecule has 2 heterocycles. The third kappa shape index (κ3) is 3.19. The highest BCUT2D eigenvalue weighted by molar-refractivity contribution is 6.51. The lowest BCUT2D eigenvalue weighted by molar-refractivity contribution is -0.135. The number of esters is 1. The van der Waals surface area contributed by atoms with Gasteiger partial charge in [-0.15, -0.1) is 0 Å². The molecule has 0 spiro atoms. The average molecular weight is 301 g/mol. The molecule has 1 fully saturated rings. The highest BCUT2D eigenvalue weighted by atomic mass is 16.5. The van der Waals surface area contributed by atoms with Gasteiger partial charge < -0.3 is 9.64 Å². The zero-order valence-corrected chi connectivity index (χ0v) is 13.0. The maximum absolute atomic E-state index is 12.1. The molecule has 6 nitrogen and oxygen atoms in total. The molecule has 1 saturated heterocycles. The SMILES string of the molecule is CC#CN1CCC/C1=C/C=C1/C(=O)N(C)N=C1C(=O)OCC. The number of carbonyl (C=O) groups excluding carboxylic acids is 2. The summed E-state index contributed by atoms with van der Waals surface area (Å²) in [7, 11) is 1.51. The van der Waals surface area contributed by atoms with E-state index >= 15 is 0 Å². The normalized spacial score (nSPS) is 21.2. The summed E-state index contributed by atoms with van der Waals surface area (Å²) in [6.07, 6.45) is 5.38. The summed E-state index contributed by atoms with van der Waals surface area (Å²) >= 11 is 0. The maximum Gasteiger partial charge on any atom is 0.359 e.